The molecule has 3 rings (SSSR count). The van der Waals surface area contributed by atoms with Gasteiger partial charge in [-0.15, -0.1) is 0 Å². The molecule has 0 heterocycles. The van der Waals surface area contributed by atoms with Crippen molar-refractivity contribution in [1.29, 1.82) is 0 Å². The highest BCUT2D eigenvalue weighted by atomic mass is 16.2. The number of carbonyl (C=O) groups excluding carboxylic acids is 2. The van der Waals surface area contributed by atoms with Crippen LogP contribution in [0.4, 0.5) is 5.69 Å². The Bertz CT molecular complexity index is 908. The lowest BCUT2D eigenvalue weighted by molar-refractivity contribution is -0.115. The monoisotopic (exact) mass is 358 g/mol. The molecule has 0 bridgehead atoms. The lowest BCUT2D eigenvalue weighted by Crippen LogP contribution is -2.26. The Balaban J connectivity index is 1.62. The minimum Gasteiger partial charge on any atom is -0.346 e. The third-order valence-electron chi connectivity index (χ3n) is 4.26. The number of benzene rings is 3. The Hall–Kier alpha value is -3.40. The van der Waals surface area contributed by atoms with Crippen molar-refractivity contribution in [1.82, 2.24) is 5.32 Å². The molecule has 2 N–H and O–H groups in total. The Kier molecular flexibility index (Phi) is 6.00. The van der Waals surface area contributed by atoms with Gasteiger partial charge in [0.1, 0.15) is 0 Å². The summed E-state index contributed by atoms with van der Waals surface area (Å²) >= 11 is 0. The van der Waals surface area contributed by atoms with Gasteiger partial charge in [-0.05, 0) is 36.2 Å². The van der Waals surface area contributed by atoms with E-state index in [1.165, 1.54) is 0 Å². The molecule has 0 aliphatic carbocycles. The quantitative estimate of drug-likeness (QED) is 0.688. The predicted octanol–water partition coefficient (Wildman–Crippen LogP) is 4.36. The Morgan fingerprint density at radius 1 is 0.852 bits per heavy atom. The molecular weight excluding hydrogens is 336 g/mol. The van der Waals surface area contributed by atoms with Crippen LogP contribution in [0.2, 0.25) is 0 Å². The minimum atomic E-state index is -0.175. The summed E-state index contributed by atoms with van der Waals surface area (Å²) < 4.78 is 0. The van der Waals surface area contributed by atoms with E-state index >= 15 is 0 Å². The van der Waals surface area contributed by atoms with Gasteiger partial charge < -0.3 is 10.6 Å². The molecule has 0 saturated carbocycles. The van der Waals surface area contributed by atoms with Crippen LogP contribution in [0.1, 0.15) is 34.5 Å². The summed E-state index contributed by atoms with van der Waals surface area (Å²) in [4.78, 5) is 24.7. The normalized spacial score (nSPS) is 11.4. The molecule has 0 radical (unpaired) electrons. The Morgan fingerprint density at radius 2 is 1.52 bits per heavy atom. The summed E-state index contributed by atoms with van der Waals surface area (Å²) in [7, 11) is 0. The molecule has 0 aliphatic rings. The average molecular weight is 358 g/mol. The van der Waals surface area contributed by atoms with E-state index in [-0.39, 0.29) is 17.9 Å². The number of carbonyl (C=O) groups is 2. The van der Waals surface area contributed by atoms with Crippen LogP contribution < -0.4 is 10.6 Å². The van der Waals surface area contributed by atoms with Gasteiger partial charge >= 0.3 is 0 Å². The van der Waals surface area contributed by atoms with Crippen molar-refractivity contribution < 1.29 is 9.59 Å². The highest BCUT2D eigenvalue weighted by molar-refractivity contribution is 5.97. The third kappa shape index (κ3) is 5.28. The molecule has 0 saturated heterocycles. The van der Waals surface area contributed by atoms with E-state index in [4.69, 9.17) is 0 Å². The molecule has 4 nitrogen and oxygen atoms in total. The van der Waals surface area contributed by atoms with Gasteiger partial charge in [0, 0.05) is 11.3 Å². The Morgan fingerprint density at radius 3 is 2.22 bits per heavy atom. The minimum absolute atomic E-state index is 0.102. The highest BCUT2D eigenvalue weighted by Gasteiger charge is 2.12. The maximum absolute atomic E-state index is 12.5. The molecule has 1 unspecified atom stereocenters. The number of amides is 2. The number of hydrogen-bond donors (Lipinski definition) is 2. The van der Waals surface area contributed by atoms with Gasteiger partial charge in [0.15, 0.2) is 0 Å². The number of rotatable bonds is 6. The van der Waals surface area contributed by atoms with Crippen LogP contribution in [0.5, 0.6) is 0 Å². The molecular formula is C23H22N2O2. The first kappa shape index (κ1) is 18.4. The zero-order valence-electron chi connectivity index (χ0n) is 15.2. The zero-order chi connectivity index (χ0) is 19.1. The van der Waals surface area contributed by atoms with Crippen LogP contribution in [0.15, 0.2) is 84.9 Å². The van der Waals surface area contributed by atoms with E-state index in [2.05, 4.69) is 10.6 Å². The van der Waals surface area contributed by atoms with Crippen molar-refractivity contribution in [3.8, 4) is 0 Å². The van der Waals surface area contributed by atoms with Crippen LogP contribution in [0.3, 0.4) is 0 Å². The topological polar surface area (TPSA) is 58.2 Å². The average Bonchev–Trinajstić information content (AvgIpc) is 2.69. The first-order valence-corrected chi connectivity index (χ1v) is 8.91. The summed E-state index contributed by atoms with van der Waals surface area (Å²) in [6.45, 7) is 1.94. The number of nitrogens with one attached hydrogen (secondary N) is 2. The molecule has 3 aromatic rings. The Labute approximate surface area is 159 Å². The molecule has 0 spiro atoms. The van der Waals surface area contributed by atoms with Gasteiger partial charge in [-0.25, -0.2) is 0 Å². The standard InChI is InChI=1S/C23H22N2O2/c1-17(19-11-6-3-7-12-19)24-23(27)20-13-8-14-21(16-20)25-22(26)15-18-9-4-2-5-10-18/h2-14,16-17H,15H2,1H3,(H,24,27)(H,25,26). The SMILES string of the molecule is CC(NC(=O)c1cccc(NC(=O)Cc2ccccc2)c1)c1ccccc1. The summed E-state index contributed by atoms with van der Waals surface area (Å²) in [6.07, 6.45) is 0.294. The van der Waals surface area contributed by atoms with Gasteiger partial charge in [-0.3, -0.25) is 9.59 Å². The fourth-order valence-electron chi connectivity index (χ4n) is 2.83. The third-order valence-corrected chi connectivity index (χ3v) is 4.26. The van der Waals surface area contributed by atoms with Gasteiger partial charge in [0.2, 0.25) is 5.91 Å². The van der Waals surface area contributed by atoms with Crippen molar-refractivity contribution in [3.63, 3.8) is 0 Å². The fourth-order valence-corrected chi connectivity index (χ4v) is 2.83. The first-order chi connectivity index (χ1) is 13.1. The van der Waals surface area contributed by atoms with Crippen LogP contribution >= 0.6 is 0 Å². The van der Waals surface area contributed by atoms with Gasteiger partial charge in [0.25, 0.3) is 5.91 Å². The molecule has 4 heteroatoms. The van der Waals surface area contributed by atoms with E-state index < -0.39 is 0 Å². The van der Waals surface area contributed by atoms with Crippen molar-refractivity contribution in [3.05, 3.63) is 102 Å². The molecule has 0 aliphatic heterocycles. The molecule has 1 atom stereocenters. The highest BCUT2D eigenvalue weighted by Crippen LogP contribution is 2.15. The maximum Gasteiger partial charge on any atom is 0.251 e. The molecule has 136 valence electrons. The largest absolute Gasteiger partial charge is 0.346 e. The van der Waals surface area contributed by atoms with E-state index in [0.29, 0.717) is 17.7 Å². The summed E-state index contributed by atoms with van der Waals surface area (Å²) in [5, 5.41) is 5.83. The summed E-state index contributed by atoms with van der Waals surface area (Å²) in [5.74, 6) is -0.290. The second kappa shape index (κ2) is 8.81. The lowest BCUT2D eigenvalue weighted by Gasteiger charge is -2.15. The first-order valence-electron chi connectivity index (χ1n) is 8.91. The fraction of sp³-hybridized carbons (Fsp3) is 0.130. The molecule has 3 aromatic carbocycles. The van der Waals surface area contributed by atoms with Crippen molar-refractivity contribution >= 4 is 17.5 Å². The van der Waals surface area contributed by atoms with E-state index in [9.17, 15) is 9.59 Å². The van der Waals surface area contributed by atoms with Crippen molar-refractivity contribution in [2.45, 2.75) is 19.4 Å². The van der Waals surface area contributed by atoms with Crippen LogP contribution in [0.25, 0.3) is 0 Å². The van der Waals surface area contributed by atoms with Gasteiger partial charge in [-0.2, -0.15) is 0 Å². The maximum atomic E-state index is 12.5. The van der Waals surface area contributed by atoms with Crippen LogP contribution in [0, 0.1) is 0 Å². The molecule has 27 heavy (non-hydrogen) atoms. The second-order valence-electron chi connectivity index (χ2n) is 6.40. The van der Waals surface area contributed by atoms with Gasteiger partial charge in [0.05, 0.1) is 12.5 Å². The summed E-state index contributed by atoms with van der Waals surface area (Å²) in [5.41, 5.74) is 3.10. The summed E-state index contributed by atoms with van der Waals surface area (Å²) in [6, 6.07) is 26.2. The van der Waals surface area contributed by atoms with E-state index in [1.54, 1.807) is 24.3 Å². The smallest absolute Gasteiger partial charge is 0.251 e. The molecule has 0 aromatic heterocycles. The van der Waals surface area contributed by atoms with Gasteiger partial charge in [-0.1, -0.05) is 66.7 Å². The van der Waals surface area contributed by atoms with Crippen molar-refractivity contribution in [2.24, 2.45) is 0 Å². The van der Waals surface area contributed by atoms with Crippen LogP contribution in [-0.4, -0.2) is 11.8 Å². The van der Waals surface area contributed by atoms with E-state index in [0.717, 1.165) is 11.1 Å². The lowest BCUT2D eigenvalue weighted by atomic mass is 10.1. The predicted molar refractivity (Wildman–Crippen MR) is 108 cm³/mol. The molecule has 0 fully saturated rings. The van der Waals surface area contributed by atoms with Crippen LogP contribution in [-0.2, 0) is 11.2 Å². The number of hydrogen-bond acceptors (Lipinski definition) is 2. The van der Waals surface area contributed by atoms with Crippen molar-refractivity contribution in [2.75, 3.05) is 5.32 Å². The zero-order valence-corrected chi connectivity index (χ0v) is 15.2. The molecule has 2 amide bonds. The van der Waals surface area contributed by atoms with E-state index in [1.807, 2.05) is 67.6 Å². The number of anilines is 1. The second-order valence-corrected chi connectivity index (χ2v) is 6.40.